The van der Waals surface area contributed by atoms with E-state index in [0.717, 1.165) is 23.8 Å². The smallest absolute Gasteiger partial charge is 0.322 e. The standard InChI is InChI=1S/C26H31N5O2S/c1-19(2)31(26(33)27-21-10-5-4-6-11-21)17-24-28-22(18-34-24)25(32)30-15-13-29(14-16-30)23-12-8-7-9-20(23)3/h4-12,18-19H,13-17H2,1-3H3,(H,27,33). The van der Waals surface area contributed by atoms with Gasteiger partial charge in [-0.25, -0.2) is 9.78 Å². The molecule has 1 N–H and O–H groups in total. The Bertz CT molecular complexity index is 1120. The second kappa shape index (κ2) is 10.7. The summed E-state index contributed by atoms with van der Waals surface area (Å²) in [4.78, 5) is 36.4. The van der Waals surface area contributed by atoms with Gasteiger partial charge >= 0.3 is 6.03 Å². The zero-order valence-corrected chi connectivity index (χ0v) is 20.7. The van der Waals surface area contributed by atoms with E-state index in [-0.39, 0.29) is 18.0 Å². The molecule has 7 nitrogen and oxygen atoms in total. The van der Waals surface area contributed by atoms with Crippen LogP contribution in [-0.2, 0) is 6.54 Å². The third-order valence-electron chi connectivity index (χ3n) is 6.01. The average Bonchev–Trinajstić information content (AvgIpc) is 3.32. The van der Waals surface area contributed by atoms with Crippen LogP contribution in [0.3, 0.4) is 0 Å². The van der Waals surface area contributed by atoms with Gasteiger partial charge < -0.3 is 20.0 Å². The Labute approximate surface area is 205 Å². The summed E-state index contributed by atoms with van der Waals surface area (Å²) >= 11 is 1.42. The van der Waals surface area contributed by atoms with Gasteiger partial charge in [-0.3, -0.25) is 4.79 Å². The van der Waals surface area contributed by atoms with E-state index in [4.69, 9.17) is 0 Å². The molecule has 8 heteroatoms. The number of urea groups is 1. The number of nitrogens with one attached hydrogen (secondary N) is 1. The van der Waals surface area contributed by atoms with E-state index in [1.807, 2.05) is 55.1 Å². The molecule has 178 valence electrons. The first-order chi connectivity index (χ1) is 16.4. The van der Waals surface area contributed by atoms with Gasteiger partial charge in [0, 0.05) is 49.0 Å². The molecule has 1 aromatic heterocycles. The molecule has 1 aliphatic heterocycles. The molecule has 1 aliphatic rings. The summed E-state index contributed by atoms with van der Waals surface area (Å²) in [5, 5.41) is 5.48. The fourth-order valence-corrected chi connectivity index (χ4v) is 4.83. The third kappa shape index (κ3) is 5.56. The van der Waals surface area contributed by atoms with E-state index in [9.17, 15) is 9.59 Å². The van der Waals surface area contributed by atoms with Crippen molar-refractivity contribution in [2.45, 2.75) is 33.4 Å². The molecule has 0 radical (unpaired) electrons. The first kappa shape index (κ1) is 23.8. The van der Waals surface area contributed by atoms with Crippen molar-refractivity contribution in [1.82, 2.24) is 14.8 Å². The van der Waals surface area contributed by atoms with Crippen LogP contribution in [0.15, 0.2) is 60.0 Å². The van der Waals surface area contributed by atoms with Crippen LogP contribution in [0.1, 0.15) is 34.9 Å². The van der Waals surface area contributed by atoms with Gasteiger partial charge in [-0.2, -0.15) is 0 Å². The van der Waals surface area contributed by atoms with Gasteiger partial charge in [-0.05, 0) is 44.5 Å². The number of anilines is 2. The van der Waals surface area contributed by atoms with Crippen molar-refractivity contribution < 1.29 is 9.59 Å². The number of piperazine rings is 1. The van der Waals surface area contributed by atoms with Gasteiger partial charge in [0.2, 0.25) is 0 Å². The Hall–Kier alpha value is -3.39. The Morgan fingerprint density at radius 2 is 1.71 bits per heavy atom. The predicted molar refractivity (Wildman–Crippen MR) is 138 cm³/mol. The largest absolute Gasteiger partial charge is 0.368 e. The maximum atomic E-state index is 13.1. The number of thiazole rings is 1. The maximum absolute atomic E-state index is 13.1. The molecule has 0 saturated carbocycles. The SMILES string of the molecule is Cc1ccccc1N1CCN(C(=O)c2csc(CN(C(=O)Nc3ccccc3)C(C)C)n2)CC1. The Balaban J connectivity index is 1.36. The molecular weight excluding hydrogens is 446 g/mol. The predicted octanol–water partition coefficient (Wildman–Crippen LogP) is 4.86. The zero-order valence-electron chi connectivity index (χ0n) is 19.9. The van der Waals surface area contributed by atoms with E-state index < -0.39 is 0 Å². The summed E-state index contributed by atoms with van der Waals surface area (Å²) in [5.74, 6) is -0.0447. The van der Waals surface area contributed by atoms with Gasteiger partial charge in [0.05, 0.1) is 6.54 Å². The lowest BCUT2D eigenvalue weighted by molar-refractivity contribution is 0.0741. The van der Waals surface area contributed by atoms with Crippen molar-refractivity contribution >= 4 is 34.6 Å². The minimum absolute atomic E-state index is 0.0127. The van der Waals surface area contributed by atoms with E-state index in [1.54, 1.807) is 10.3 Å². The summed E-state index contributed by atoms with van der Waals surface area (Å²) in [6, 6.07) is 17.5. The summed E-state index contributed by atoms with van der Waals surface area (Å²) in [7, 11) is 0. The third-order valence-corrected chi connectivity index (χ3v) is 6.84. The number of carbonyl (C=O) groups is 2. The lowest BCUT2D eigenvalue weighted by Gasteiger charge is -2.36. The highest BCUT2D eigenvalue weighted by Crippen LogP contribution is 2.22. The lowest BCUT2D eigenvalue weighted by Crippen LogP contribution is -2.49. The summed E-state index contributed by atoms with van der Waals surface area (Å²) in [6.07, 6.45) is 0. The molecule has 3 aromatic rings. The maximum Gasteiger partial charge on any atom is 0.322 e. The number of para-hydroxylation sites is 2. The first-order valence-electron chi connectivity index (χ1n) is 11.6. The number of nitrogens with zero attached hydrogens (tertiary/aromatic N) is 4. The molecule has 3 amide bonds. The fourth-order valence-electron chi connectivity index (χ4n) is 4.06. The average molecular weight is 478 g/mol. The normalized spacial score (nSPS) is 13.8. The van der Waals surface area contributed by atoms with Gasteiger partial charge in [0.15, 0.2) is 0 Å². The van der Waals surface area contributed by atoms with Crippen molar-refractivity contribution in [3.63, 3.8) is 0 Å². The monoisotopic (exact) mass is 477 g/mol. The Kier molecular flexibility index (Phi) is 7.47. The molecule has 34 heavy (non-hydrogen) atoms. The summed E-state index contributed by atoms with van der Waals surface area (Å²) in [6.45, 7) is 9.34. The second-order valence-corrected chi connectivity index (χ2v) is 9.65. The highest BCUT2D eigenvalue weighted by Gasteiger charge is 2.25. The van der Waals surface area contributed by atoms with Crippen LogP contribution in [0, 0.1) is 6.92 Å². The van der Waals surface area contributed by atoms with E-state index in [2.05, 4.69) is 40.3 Å². The highest BCUT2D eigenvalue weighted by molar-refractivity contribution is 7.09. The van der Waals surface area contributed by atoms with E-state index in [0.29, 0.717) is 25.3 Å². The molecule has 0 spiro atoms. The van der Waals surface area contributed by atoms with Crippen LogP contribution in [0.2, 0.25) is 0 Å². The molecule has 0 atom stereocenters. The molecule has 0 bridgehead atoms. The van der Waals surface area contributed by atoms with Crippen molar-refractivity contribution in [1.29, 1.82) is 0 Å². The number of benzene rings is 2. The minimum Gasteiger partial charge on any atom is -0.368 e. The van der Waals surface area contributed by atoms with Crippen molar-refractivity contribution in [3.8, 4) is 0 Å². The van der Waals surface area contributed by atoms with Crippen LogP contribution in [-0.4, -0.2) is 58.9 Å². The molecule has 4 rings (SSSR count). The number of hydrogen-bond donors (Lipinski definition) is 1. The highest BCUT2D eigenvalue weighted by atomic mass is 32.1. The van der Waals surface area contributed by atoms with Crippen molar-refractivity contribution in [3.05, 3.63) is 76.2 Å². The van der Waals surface area contributed by atoms with Gasteiger partial charge in [-0.15, -0.1) is 11.3 Å². The van der Waals surface area contributed by atoms with Crippen LogP contribution in [0.5, 0.6) is 0 Å². The number of rotatable bonds is 6. The summed E-state index contributed by atoms with van der Waals surface area (Å²) in [5.41, 5.74) is 3.68. The molecule has 1 fully saturated rings. The molecule has 0 unspecified atom stereocenters. The van der Waals surface area contributed by atoms with Crippen molar-refractivity contribution in [2.24, 2.45) is 0 Å². The van der Waals surface area contributed by atoms with Gasteiger partial charge in [-0.1, -0.05) is 36.4 Å². The molecular formula is C26H31N5O2S. The number of aromatic nitrogens is 1. The number of aryl methyl sites for hydroxylation is 1. The van der Waals surface area contributed by atoms with Gasteiger partial charge in [0.1, 0.15) is 10.7 Å². The van der Waals surface area contributed by atoms with Crippen molar-refractivity contribution in [2.75, 3.05) is 36.4 Å². The minimum atomic E-state index is -0.184. The van der Waals surface area contributed by atoms with E-state index >= 15 is 0 Å². The van der Waals surface area contributed by atoms with Crippen LogP contribution in [0.4, 0.5) is 16.2 Å². The van der Waals surface area contributed by atoms with Crippen LogP contribution < -0.4 is 10.2 Å². The molecule has 2 heterocycles. The Morgan fingerprint density at radius 3 is 2.38 bits per heavy atom. The summed E-state index contributed by atoms with van der Waals surface area (Å²) < 4.78 is 0. The van der Waals surface area contributed by atoms with Gasteiger partial charge in [0.25, 0.3) is 5.91 Å². The molecule has 0 aliphatic carbocycles. The second-order valence-electron chi connectivity index (χ2n) is 8.71. The first-order valence-corrected chi connectivity index (χ1v) is 12.5. The lowest BCUT2D eigenvalue weighted by atomic mass is 10.1. The Morgan fingerprint density at radius 1 is 1.03 bits per heavy atom. The fraction of sp³-hybridized carbons (Fsp3) is 0.346. The molecule has 2 aromatic carbocycles. The molecule has 1 saturated heterocycles. The van der Waals surface area contributed by atoms with E-state index in [1.165, 1.54) is 22.6 Å². The zero-order chi connectivity index (χ0) is 24.1. The number of hydrogen-bond acceptors (Lipinski definition) is 5. The number of carbonyl (C=O) groups excluding carboxylic acids is 2. The topological polar surface area (TPSA) is 68.8 Å². The quantitative estimate of drug-likeness (QED) is 0.551. The number of amides is 3. The van der Waals surface area contributed by atoms with Crippen LogP contribution >= 0.6 is 11.3 Å². The van der Waals surface area contributed by atoms with Crippen LogP contribution in [0.25, 0.3) is 0 Å².